The fourth-order valence-electron chi connectivity index (χ4n) is 2.74. The van der Waals surface area contributed by atoms with Crippen molar-refractivity contribution in [3.05, 3.63) is 58.5 Å². The number of nitrogens with two attached hydrogens (primary N) is 1. The minimum Gasteiger partial charge on any atom is -0.450 e. The average molecular weight is 501 g/mol. The van der Waals surface area contributed by atoms with E-state index in [2.05, 4.69) is 41.2 Å². The summed E-state index contributed by atoms with van der Waals surface area (Å²) >= 11 is 3.29. The fraction of sp³-hybridized carbons (Fsp3) is 0.0556. The summed E-state index contributed by atoms with van der Waals surface area (Å²) in [4.78, 5) is 13.6. The number of nitrogen functional groups attached to an aromatic ring is 1. The Hall–Kier alpha value is -3.48. The molecule has 1 aromatic carbocycles. The number of pyridine rings is 1. The zero-order valence-electron chi connectivity index (χ0n) is 15.1. The van der Waals surface area contributed by atoms with E-state index in [1.54, 1.807) is 6.20 Å². The quantitative estimate of drug-likeness (QED) is 0.318. The van der Waals surface area contributed by atoms with Gasteiger partial charge >= 0.3 is 6.18 Å². The maximum Gasteiger partial charge on any atom is 0.433 e. The van der Waals surface area contributed by atoms with Crippen molar-refractivity contribution >= 4 is 44.4 Å². The predicted octanol–water partition coefficient (Wildman–Crippen LogP) is 5.53. The van der Waals surface area contributed by atoms with Gasteiger partial charge in [0.05, 0.1) is 5.39 Å². The number of rotatable bonds is 4. The van der Waals surface area contributed by atoms with Crippen LogP contribution in [0.4, 0.5) is 39.4 Å². The minimum atomic E-state index is -4.77. The summed E-state index contributed by atoms with van der Waals surface area (Å²) in [5.74, 6) is -3.81. The Morgan fingerprint density at radius 3 is 2.48 bits per heavy atom. The molecule has 31 heavy (non-hydrogen) atoms. The van der Waals surface area contributed by atoms with Gasteiger partial charge in [-0.25, -0.2) is 18.7 Å². The van der Waals surface area contributed by atoms with E-state index in [4.69, 9.17) is 10.5 Å². The molecular weight excluding hydrogens is 491 g/mol. The van der Waals surface area contributed by atoms with Gasteiger partial charge < -0.3 is 20.8 Å². The minimum absolute atomic E-state index is 0.134. The van der Waals surface area contributed by atoms with Crippen molar-refractivity contribution in [3.8, 4) is 11.5 Å². The summed E-state index contributed by atoms with van der Waals surface area (Å²) in [6, 6.07) is 3.67. The Morgan fingerprint density at radius 2 is 1.81 bits per heavy atom. The fourth-order valence-corrected chi connectivity index (χ4v) is 3.23. The number of nitrogens with one attached hydrogen (secondary N) is 2. The summed E-state index contributed by atoms with van der Waals surface area (Å²) in [7, 11) is 0. The van der Waals surface area contributed by atoms with E-state index in [-0.39, 0.29) is 17.3 Å². The molecule has 0 aliphatic rings. The number of alkyl halides is 3. The molecule has 160 valence electrons. The first kappa shape index (κ1) is 20.8. The van der Waals surface area contributed by atoms with Crippen LogP contribution in [0, 0.1) is 11.6 Å². The molecule has 0 spiro atoms. The van der Waals surface area contributed by atoms with Gasteiger partial charge in [0.15, 0.2) is 23.1 Å². The van der Waals surface area contributed by atoms with Gasteiger partial charge in [0.2, 0.25) is 5.95 Å². The van der Waals surface area contributed by atoms with E-state index in [0.717, 1.165) is 12.1 Å². The SMILES string of the molecule is Nc1nc(Nc2cc(F)c(Oc3ccnc4[nH]cc(Br)c34)c(F)c2)cc(C(F)(F)F)n1. The molecule has 0 amide bonds. The molecule has 0 saturated heterocycles. The van der Waals surface area contributed by atoms with Crippen molar-refractivity contribution in [3.63, 3.8) is 0 Å². The predicted molar refractivity (Wildman–Crippen MR) is 105 cm³/mol. The first-order valence-electron chi connectivity index (χ1n) is 8.39. The van der Waals surface area contributed by atoms with Crippen LogP contribution in [0.5, 0.6) is 11.5 Å². The topological polar surface area (TPSA) is 102 Å². The maximum absolute atomic E-state index is 14.6. The molecule has 0 fully saturated rings. The van der Waals surface area contributed by atoms with Gasteiger partial charge in [0, 0.05) is 40.8 Å². The van der Waals surface area contributed by atoms with Crippen molar-refractivity contribution in [1.29, 1.82) is 0 Å². The number of nitrogens with zero attached hydrogens (tertiary/aromatic N) is 3. The molecule has 3 aromatic heterocycles. The second-order valence-electron chi connectivity index (χ2n) is 6.16. The van der Waals surface area contributed by atoms with Crippen LogP contribution in [-0.4, -0.2) is 19.9 Å². The van der Waals surface area contributed by atoms with Crippen LogP contribution in [0.1, 0.15) is 5.69 Å². The number of anilines is 3. The summed E-state index contributed by atoms with van der Waals surface area (Å²) in [6.07, 6.45) is -1.79. The molecule has 0 atom stereocenters. The molecule has 0 saturated carbocycles. The van der Waals surface area contributed by atoms with Crippen molar-refractivity contribution in [1.82, 2.24) is 19.9 Å². The van der Waals surface area contributed by atoms with E-state index in [1.165, 1.54) is 12.3 Å². The van der Waals surface area contributed by atoms with Crippen molar-refractivity contribution < 1.29 is 26.7 Å². The van der Waals surface area contributed by atoms with Crippen LogP contribution < -0.4 is 15.8 Å². The van der Waals surface area contributed by atoms with Crippen LogP contribution in [0.3, 0.4) is 0 Å². The smallest absolute Gasteiger partial charge is 0.433 e. The van der Waals surface area contributed by atoms with Crippen molar-refractivity contribution in [2.45, 2.75) is 6.18 Å². The van der Waals surface area contributed by atoms with Gasteiger partial charge in [-0.2, -0.15) is 18.2 Å². The van der Waals surface area contributed by atoms with E-state index in [9.17, 15) is 22.0 Å². The third-order valence-corrected chi connectivity index (χ3v) is 4.63. The molecule has 7 nitrogen and oxygen atoms in total. The highest BCUT2D eigenvalue weighted by molar-refractivity contribution is 9.10. The second kappa shape index (κ2) is 7.65. The molecule has 0 bridgehead atoms. The van der Waals surface area contributed by atoms with E-state index in [1.807, 2.05) is 0 Å². The van der Waals surface area contributed by atoms with Gasteiger partial charge in [0.25, 0.3) is 0 Å². The maximum atomic E-state index is 14.6. The largest absolute Gasteiger partial charge is 0.450 e. The zero-order chi connectivity index (χ0) is 22.3. The lowest BCUT2D eigenvalue weighted by Crippen LogP contribution is -2.12. The number of H-pyrrole nitrogens is 1. The normalized spacial score (nSPS) is 11.7. The summed E-state index contributed by atoms with van der Waals surface area (Å²) < 4.78 is 73.8. The number of hydrogen-bond acceptors (Lipinski definition) is 6. The number of benzene rings is 1. The highest BCUT2D eigenvalue weighted by Gasteiger charge is 2.33. The molecular formula is C18H10BrF5N6O. The molecule has 4 N–H and O–H groups in total. The molecule has 3 heterocycles. The third-order valence-electron chi connectivity index (χ3n) is 4.00. The Balaban J connectivity index is 1.65. The second-order valence-corrected chi connectivity index (χ2v) is 7.01. The number of aromatic nitrogens is 4. The first-order valence-corrected chi connectivity index (χ1v) is 9.18. The van der Waals surface area contributed by atoms with Crippen LogP contribution in [-0.2, 0) is 6.18 Å². The highest BCUT2D eigenvalue weighted by atomic mass is 79.9. The molecule has 13 heteroatoms. The summed E-state index contributed by atoms with van der Waals surface area (Å²) in [6.45, 7) is 0. The summed E-state index contributed by atoms with van der Waals surface area (Å²) in [5.41, 5.74) is 4.21. The van der Waals surface area contributed by atoms with Gasteiger partial charge in [0.1, 0.15) is 17.2 Å². The Bertz CT molecular complexity index is 1270. The molecule has 0 aliphatic carbocycles. The number of ether oxygens (including phenoxy) is 1. The number of halogens is 6. The summed E-state index contributed by atoms with van der Waals surface area (Å²) in [5, 5.41) is 2.85. The molecule has 4 aromatic rings. The van der Waals surface area contributed by atoms with Crippen LogP contribution in [0.25, 0.3) is 11.0 Å². The Labute approximate surface area is 178 Å². The Kier molecular flexibility index (Phi) is 5.13. The van der Waals surface area contributed by atoms with Crippen LogP contribution >= 0.6 is 15.9 Å². The first-order chi connectivity index (χ1) is 14.6. The van der Waals surface area contributed by atoms with Gasteiger partial charge in [-0.05, 0) is 22.0 Å². The number of fused-ring (bicyclic) bond motifs is 1. The number of hydrogen-bond donors (Lipinski definition) is 3. The van der Waals surface area contributed by atoms with Crippen LogP contribution in [0.15, 0.2) is 41.1 Å². The van der Waals surface area contributed by atoms with Gasteiger partial charge in [-0.15, -0.1) is 0 Å². The molecule has 0 aliphatic heterocycles. The van der Waals surface area contributed by atoms with Gasteiger partial charge in [-0.1, -0.05) is 0 Å². The lowest BCUT2D eigenvalue weighted by Gasteiger charge is -2.13. The lowest BCUT2D eigenvalue weighted by molar-refractivity contribution is -0.141. The van der Waals surface area contributed by atoms with Crippen LogP contribution in [0.2, 0.25) is 0 Å². The lowest BCUT2D eigenvalue weighted by atomic mass is 10.2. The average Bonchev–Trinajstić information content (AvgIpc) is 3.05. The standard InChI is InChI=1S/C18H10BrF5N6O/c19-8-6-27-16-14(8)11(1-2-26-16)31-15-9(20)3-7(4-10(15)21)28-13-5-12(18(22,23)24)29-17(25)30-13/h1-6H,(H,26,27)(H3,25,28,29,30). The number of aromatic amines is 1. The van der Waals surface area contributed by atoms with E-state index < -0.39 is 35.2 Å². The third kappa shape index (κ3) is 4.21. The van der Waals surface area contributed by atoms with Crippen molar-refractivity contribution in [2.24, 2.45) is 0 Å². The van der Waals surface area contributed by atoms with Crippen molar-refractivity contribution in [2.75, 3.05) is 11.1 Å². The molecule has 0 radical (unpaired) electrons. The van der Waals surface area contributed by atoms with Gasteiger partial charge in [-0.3, -0.25) is 0 Å². The molecule has 0 unspecified atom stereocenters. The Morgan fingerprint density at radius 1 is 1.10 bits per heavy atom. The monoisotopic (exact) mass is 500 g/mol. The highest BCUT2D eigenvalue weighted by Crippen LogP contribution is 2.37. The van der Waals surface area contributed by atoms with E-state index >= 15 is 0 Å². The zero-order valence-corrected chi connectivity index (χ0v) is 16.6. The van der Waals surface area contributed by atoms with E-state index in [0.29, 0.717) is 21.6 Å². The molecule has 4 rings (SSSR count).